The van der Waals surface area contributed by atoms with Gasteiger partial charge in [0.25, 0.3) is 5.91 Å². The molecule has 0 fully saturated rings. The molecule has 0 aliphatic carbocycles. The molecule has 3 N–H and O–H groups in total. The van der Waals surface area contributed by atoms with Gasteiger partial charge in [-0.05, 0) is 26.0 Å². The van der Waals surface area contributed by atoms with Gasteiger partial charge in [-0.15, -0.1) is 0 Å². The topological polar surface area (TPSA) is 85.8 Å². The predicted molar refractivity (Wildman–Crippen MR) is 92.7 cm³/mol. The first-order valence-electron chi connectivity index (χ1n) is 7.55. The minimum atomic E-state index is -0.129. The summed E-state index contributed by atoms with van der Waals surface area (Å²) in [7, 11) is 0. The molecule has 0 saturated heterocycles. The third-order valence-corrected chi connectivity index (χ3v) is 4.69. The summed E-state index contributed by atoms with van der Waals surface area (Å²) >= 11 is 1.21. The molecule has 2 heterocycles. The number of fused-ring (bicyclic) bond motifs is 1. The third-order valence-electron chi connectivity index (χ3n) is 3.70. The van der Waals surface area contributed by atoms with Crippen LogP contribution in [0.2, 0.25) is 0 Å². The second-order valence-electron chi connectivity index (χ2n) is 5.23. The Hall–Kier alpha value is -2.41. The van der Waals surface area contributed by atoms with Crippen molar-refractivity contribution in [1.82, 2.24) is 19.9 Å². The molecular formula is C16H19N5OS. The van der Waals surface area contributed by atoms with E-state index >= 15 is 0 Å². The molecule has 3 aromatic rings. The molecule has 23 heavy (non-hydrogen) atoms. The van der Waals surface area contributed by atoms with Crippen LogP contribution in [0.3, 0.4) is 0 Å². The highest BCUT2D eigenvalue weighted by Gasteiger charge is 2.14. The number of carbonyl (C=O) groups is 1. The Morgan fingerprint density at radius 3 is 2.83 bits per heavy atom. The number of nitrogen functional groups attached to an aromatic ring is 1. The van der Waals surface area contributed by atoms with Gasteiger partial charge in [0.05, 0.1) is 16.7 Å². The number of carbonyl (C=O) groups excluding carboxylic acids is 1. The Bertz CT molecular complexity index is 851. The van der Waals surface area contributed by atoms with Crippen molar-refractivity contribution < 1.29 is 4.79 Å². The van der Waals surface area contributed by atoms with E-state index in [-0.39, 0.29) is 5.91 Å². The minimum absolute atomic E-state index is 0.129. The number of anilines is 1. The molecule has 0 saturated carbocycles. The molecule has 3 rings (SSSR count). The van der Waals surface area contributed by atoms with Gasteiger partial charge in [-0.3, -0.25) is 4.79 Å². The second kappa shape index (κ2) is 6.37. The maximum atomic E-state index is 12.2. The number of aryl methyl sites for hydroxylation is 2. The highest BCUT2D eigenvalue weighted by atomic mass is 32.1. The molecular weight excluding hydrogens is 310 g/mol. The molecule has 7 heteroatoms. The van der Waals surface area contributed by atoms with Crippen LogP contribution < -0.4 is 11.1 Å². The Morgan fingerprint density at radius 1 is 1.35 bits per heavy atom. The Balaban J connectivity index is 1.69. The first-order valence-corrected chi connectivity index (χ1v) is 8.37. The summed E-state index contributed by atoms with van der Waals surface area (Å²) in [6, 6.07) is 8.07. The summed E-state index contributed by atoms with van der Waals surface area (Å²) in [5.74, 6) is 0.852. The smallest absolute Gasteiger partial charge is 0.263 e. The maximum Gasteiger partial charge on any atom is 0.263 e. The lowest BCUT2D eigenvalue weighted by Gasteiger charge is -2.07. The Labute approximate surface area is 138 Å². The quantitative estimate of drug-likeness (QED) is 0.752. The molecule has 0 aliphatic heterocycles. The van der Waals surface area contributed by atoms with Gasteiger partial charge in [-0.2, -0.15) is 0 Å². The lowest BCUT2D eigenvalue weighted by Crippen LogP contribution is -2.26. The molecule has 0 radical (unpaired) electrons. The van der Waals surface area contributed by atoms with Crippen molar-refractivity contribution in [2.75, 3.05) is 12.3 Å². The summed E-state index contributed by atoms with van der Waals surface area (Å²) in [6.45, 7) is 5.27. The van der Waals surface area contributed by atoms with Crippen LogP contribution in [0.15, 0.2) is 24.3 Å². The largest absolute Gasteiger partial charge is 0.375 e. The maximum absolute atomic E-state index is 12.2. The number of nitrogens with two attached hydrogens (primary N) is 1. The second-order valence-corrected chi connectivity index (χ2v) is 6.26. The van der Waals surface area contributed by atoms with Crippen LogP contribution in [0.25, 0.3) is 11.0 Å². The van der Waals surface area contributed by atoms with Gasteiger partial charge in [0.1, 0.15) is 10.7 Å². The molecule has 0 aliphatic rings. The van der Waals surface area contributed by atoms with Gasteiger partial charge in [0.2, 0.25) is 0 Å². The fraction of sp³-hybridized carbons (Fsp3) is 0.312. The number of nitrogens with one attached hydrogen (secondary N) is 1. The number of rotatable bonds is 5. The number of para-hydroxylation sites is 2. The number of benzene rings is 1. The molecule has 2 aromatic heterocycles. The first-order chi connectivity index (χ1) is 11.1. The molecule has 0 atom stereocenters. The molecule has 1 aromatic carbocycles. The number of imidazole rings is 1. The third kappa shape index (κ3) is 3.05. The monoisotopic (exact) mass is 329 g/mol. The fourth-order valence-corrected chi connectivity index (χ4v) is 3.42. The highest BCUT2D eigenvalue weighted by Crippen LogP contribution is 2.19. The van der Waals surface area contributed by atoms with Crippen molar-refractivity contribution in [2.24, 2.45) is 0 Å². The van der Waals surface area contributed by atoms with E-state index in [2.05, 4.69) is 32.8 Å². The SMILES string of the molecule is CCn1c(CCNC(=O)c2sc(N)nc2C)nc2ccccc21. The number of thiazole rings is 1. The van der Waals surface area contributed by atoms with Gasteiger partial charge < -0.3 is 15.6 Å². The highest BCUT2D eigenvalue weighted by molar-refractivity contribution is 7.17. The number of hydrogen-bond acceptors (Lipinski definition) is 5. The van der Waals surface area contributed by atoms with Crippen molar-refractivity contribution in [3.05, 3.63) is 40.7 Å². The lowest BCUT2D eigenvalue weighted by molar-refractivity contribution is 0.0957. The van der Waals surface area contributed by atoms with Crippen molar-refractivity contribution in [3.63, 3.8) is 0 Å². The first kappa shape index (κ1) is 15.5. The average molecular weight is 329 g/mol. The molecule has 6 nitrogen and oxygen atoms in total. The zero-order chi connectivity index (χ0) is 16.4. The van der Waals surface area contributed by atoms with Crippen molar-refractivity contribution >= 4 is 33.4 Å². The molecule has 0 spiro atoms. The predicted octanol–water partition coefficient (Wildman–Crippen LogP) is 2.38. The van der Waals surface area contributed by atoms with E-state index in [1.807, 2.05) is 18.2 Å². The summed E-state index contributed by atoms with van der Waals surface area (Å²) in [5, 5.41) is 3.34. The lowest BCUT2D eigenvalue weighted by atomic mass is 10.3. The minimum Gasteiger partial charge on any atom is -0.375 e. The summed E-state index contributed by atoms with van der Waals surface area (Å²) in [4.78, 5) is 21.5. The van der Waals surface area contributed by atoms with E-state index in [4.69, 9.17) is 5.73 Å². The normalized spacial score (nSPS) is 11.0. The van der Waals surface area contributed by atoms with E-state index in [0.29, 0.717) is 28.7 Å². The van der Waals surface area contributed by atoms with Gasteiger partial charge in [-0.25, -0.2) is 9.97 Å². The van der Waals surface area contributed by atoms with Crippen LogP contribution in [-0.4, -0.2) is 27.0 Å². The molecule has 0 bridgehead atoms. The number of aromatic nitrogens is 3. The standard InChI is InChI=1S/C16H19N5OS/c1-3-21-12-7-5-4-6-11(12)20-13(21)8-9-18-15(22)14-10(2)19-16(17)23-14/h4-7H,3,8-9H2,1-2H3,(H2,17,19)(H,18,22). The van der Waals surface area contributed by atoms with Gasteiger partial charge in [0.15, 0.2) is 5.13 Å². The van der Waals surface area contributed by atoms with Crippen molar-refractivity contribution in [1.29, 1.82) is 0 Å². The van der Waals surface area contributed by atoms with Gasteiger partial charge >= 0.3 is 0 Å². The van der Waals surface area contributed by atoms with E-state index < -0.39 is 0 Å². The Kier molecular flexibility index (Phi) is 4.29. The van der Waals surface area contributed by atoms with Crippen LogP contribution in [0, 0.1) is 6.92 Å². The average Bonchev–Trinajstić information content (AvgIpc) is 3.06. The summed E-state index contributed by atoms with van der Waals surface area (Å²) < 4.78 is 2.18. The van der Waals surface area contributed by atoms with Gasteiger partial charge in [-0.1, -0.05) is 23.5 Å². The van der Waals surface area contributed by atoms with E-state index in [0.717, 1.165) is 23.4 Å². The van der Waals surface area contributed by atoms with Crippen LogP contribution in [0.5, 0.6) is 0 Å². The zero-order valence-corrected chi connectivity index (χ0v) is 14.0. The molecule has 120 valence electrons. The fourth-order valence-electron chi connectivity index (χ4n) is 2.67. The molecule has 1 amide bonds. The Morgan fingerprint density at radius 2 is 2.13 bits per heavy atom. The summed E-state index contributed by atoms with van der Waals surface area (Å²) in [5.41, 5.74) is 8.42. The summed E-state index contributed by atoms with van der Waals surface area (Å²) in [6.07, 6.45) is 0.682. The van der Waals surface area contributed by atoms with E-state index in [1.165, 1.54) is 11.3 Å². The number of hydrogen-bond donors (Lipinski definition) is 2. The van der Waals surface area contributed by atoms with Gasteiger partial charge in [0, 0.05) is 19.5 Å². The number of nitrogens with zero attached hydrogens (tertiary/aromatic N) is 3. The van der Waals surface area contributed by atoms with Crippen molar-refractivity contribution in [3.8, 4) is 0 Å². The van der Waals surface area contributed by atoms with Crippen molar-refractivity contribution in [2.45, 2.75) is 26.8 Å². The van der Waals surface area contributed by atoms with Crippen LogP contribution in [0.1, 0.15) is 28.1 Å². The van der Waals surface area contributed by atoms with E-state index in [1.54, 1.807) is 6.92 Å². The van der Waals surface area contributed by atoms with Crippen LogP contribution in [0.4, 0.5) is 5.13 Å². The number of amides is 1. The van der Waals surface area contributed by atoms with Crippen LogP contribution >= 0.6 is 11.3 Å². The van der Waals surface area contributed by atoms with Crippen LogP contribution in [-0.2, 0) is 13.0 Å². The molecule has 0 unspecified atom stereocenters. The zero-order valence-electron chi connectivity index (χ0n) is 13.2. The van der Waals surface area contributed by atoms with E-state index in [9.17, 15) is 4.79 Å².